The van der Waals surface area contributed by atoms with E-state index in [0.717, 1.165) is 29.9 Å². The van der Waals surface area contributed by atoms with Crippen molar-refractivity contribution in [2.75, 3.05) is 0 Å². The summed E-state index contributed by atoms with van der Waals surface area (Å²) >= 11 is 0. The fraction of sp³-hybridized carbons (Fsp3) is 0.143. The van der Waals surface area contributed by atoms with Gasteiger partial charge in [-0.15, -0.1) is 0 Å². The van der Waals surface area contributed by atoms with Crippen LogP contribution in [0.1, 0.15) is 23.7 Å². The van der Waals surface area contributed by atoms with Crippen LogP contribution in [0.3, 0.4) is 0 Å². The zero-order chi connectivity index (χ0) is 17.9. The van der Waals surface area contributed by atoms with Crippen molar-refractivity contribution in [2.24, 2.45) is 0 Å². The summed E-state index contributed by atoms with van der Waals surface area (Å²) in [6.45, 7) is 0. The van der Waals surface area contributed by atoms with Crippen molar-refractivity contribution in [2.45, 2.75) is 18.9 Å². The molecule has 0 radical (unpaired) electrons. The lowest BCUT2D eigenvalue weighted by atomic mass is 9.80. The summed E-state index contributed by atoms with van der Waals surface area (Å²) in [5.74, 6) is 2.41. The first-order valence-electron chi connectivity index (χ1n) is 8.68. The number of ether oxygens (including phenoxy) is 2. The van der Waals surface area contributed by atoms with Crippen molar-refractivity contribution >= 4 is 12.6 Å². The van der Waals surface area contributed by atoms with Gasteiger partial charge in [0, 0.05) is 5.56 Å². The molecule has 0 unspecified atom stereocenters. The Morgan fingerprint density at radius 2 is 1.58 bits per heavy atom. The third-order valence-corrected chi connectivity index (χ3v) is 4.60. The molecule has 0 saturated heterocycles. The van der Waals surface area contributed by atoms with E-state index in [1.807, 2.05) is 42.5 Å². The fourth-order valence-electron chi connectivity index (χ4n) is 3.30. The van der Waals surface area contributed by atoms with Crippen molar-refractivity contribution in [3.05, 3.63) is 83.9 Å². The Bertz CT molecular complexity index is 878. The summed E-state index contributed by atoms with van der Waals surface area (Å²) in [6, 6.07) is 22.7. The van der Waals surface area contributed by atoms with Crippen LogP contribution in [0.4, 0.5) is 0 Å². The molecule has 4 rings (SSSR count). The van der Waals surface area contributed by atoms with E-state index in [2.05, 4.69) is 6.07 Å². The van der Waals surface area contributed by atoms with E-state index in [-0.39, 0.29) is 6.10 Å². The highest BCUT2D eigenvalue weighted by Crippen LogP contribution is 2.40. The lowest BCUT2D eigenvalue weighted by molar-refractivity contribution is 0.207. The summed E-state index contributed by atoms with van der Waals surface area (Å²) in [5.41, 5.74) is 2.77. The Morgan fingerprint density at radius 3 is 2.31 bits per heavy atom. The standard InChI is InChI=1S/C21H19BO4/c23-22(24)15-9-11-17(12-10-15)26-21-14-13-19-18(21)7-4-8-20(19)25-16-5-2-1-3-6-16/h1-12,21,23-24H,13-14H2/t21-/m1/s1. The molecule has 0 aromatic heterocycles. The van der Waals surface area contributed by atoms with Crippen LogP contribution in [-0.2, 0) is 6.42 Å². The number of fused-ring (bicyclic) bond motifs is 1. The summed E-state index contributed by atoms with van der Waals surface area (Å²) < 4.78 is 12.2. The quantitative estimate of drug-likeness (QED) is 0.697. The van der Waals surface area contributed by atoms with E-state index < -0.39 is 7.12 Å². The smallest absolute Gasteiger partial charge is 0.486 e. The second-order valence-corrected chi connectivity index (χ2v) is 6.33. The van der Waals surface area contributed by atoms with Crippen molar-refractivity contribution in [3.8, 4) is 17.2 Å². The van der Waals surface area contributed by atoms with Gasteiger partial charge in [0.2, 0.25) is 0 Å². The SMILES string of the molecule is OB(O)c1ccc(O[C@@H]2CCc3c(Oc4ccccc4)cccc32)cc1. The van der Waals surface area contributed by atoms with Crippen LogP contribution >= 0.6 is 0 Å². The Morgan fingerprint density at radius 1 is 0.808 bits per heavy atom. The molecule has 0 bridgehead atoms. The molecule has 1 aliphatic carbocycles. The molecule has 130 valence electrons. The highest BCUT2D eigenvalue weighted by molar-refractivity contribution is 6.58. The van der Waals surface area contributed by atoms with E-state index in [1.165, 1.54) is 5.56 Å². The van der Waals surface area contributed by atoms with E-state index in [4.69, 9.17) is 9.47 Å². The summed E-state index contributed by atoms with van der Waals surface area (Å²) in [6.07, 6.45) is 1.75. The maximum absolute atomic E-state index is 9.18. The molecule has 0 aliphatic heterocycles. The molecular weight excluding hydrogens is 327 g/mol. The highest BCUT2D eigenvalue weighted by atomic mass is 16.5. The van der Waals surface area contributed by atoms with Crippen molar-refractivity contribution < 1.29 is 19.5 Å². The van der Waals surface area contributed by atoms with E-state index in [0.29, 0.717) is 11.2 Å². The topological polar surface area (TPSA) is 58.9 Å². The first-order chi connectivity index (χ1) is 12.7. The van der Waals surface area contributed by atoms with Crippen LogP contribution < -0.4 is 14.9 Å². The van der Waals surface area contributed by atoms with Crippen molar-refractivity contribution in [3.63, 3.8) is 0 Å². The Hall–Kier alpha value is -2.76. The third-order valence-electron chi connectivity index (χ3n) is 4.60. The maximum atomic E-state index is 9.18. The van der Waals surface area contributed by atoms with Gasteiger partial charge in [-0.1, -0.05) is 42.5 Å². The van der Waals surface area contributed by atoms with Crippen molar-refractivity contribution in [1.29, 1.82) is 0 Å². The molecule has 0 fully saturated rings. The molecule has 5 heteroatoms. The van der Waals surface area contributed by atoms with Crippen LogP contribution in [-0.4, -0.2) is 17.2 Å². The molecule has 3 aromatic rings. The Kier molecular flexibility index (Phi) is 4.65. The zero-order valence-corrected chi connectivity index (χ0v) is 14.2. The predicted molar refractivity (Wildman–Crippen MR) is 101 cm³/mol. The maximum Gasteiger partial charge on any atom is 0.488 e. The van der Waals surface area contributed by atoms with Crippen LogP contribution in [0.15, 0.2) is 72.8 Å². The van der Waals surface area contributed by atoms with E-state index in [1.54, 1.807) is 24.3 Å². The predicted octanol–water partition coefficient (Wildman–Crippen LogP) is 3.23. The number of hydrogen-bond donors (Lipinski definition) is 2. The molecule has 0 heterocycles. The van der Waals surface area contributed by atoms with Crippen LogP contribution in [0.2, 0.25) is 0 Å². The van der Waals surface area contributed by atoms with Crippen LogP contribution in [0, 0.1) is 0 Å². The average molecular weight is 346 g/mol. The summed E-state index contributed by atoms with van der Waals surface area (Å²) in [5, 5.41) is 18.4. The largest absolute Gasteiger partial charge is 0.488 e. The van der Waals surface area contributed by atoms with Gasteiger partial charge in [-0.05, 0) is 54.2 Å². The first-order valence-corrected chi connectivity index (χ1v) is 8.68. The molecular formula is C21H19BO4. The van der Waals surface area contributed by atoms with Crippen LogP contribution in [0.25, 0.3) is 0 Å². The lowest BCUT2D eigenvalue weighted by Gasteiger charge is -2.16. The molecule has 3 aromatic carbocycles. The van der Waals surface area contributed by atoms with Gasteiger partial charge in [0.25, 0.3) is 0 Å². The first kappa shape index (κ1) is 16.7. The minimum Gasteiger partial charge on any atom is -0.486 e. The lowest BCUT2D eigenvalue weighted by Crippen LogP contribution is -2.29. The van der Waals surface area contributed by atoms with Gasteiger partial charge >= 0.3 is 7.12 Å². The minimum absolute atomic E-state index is 0.0331. The monoisotopic (exact) mass is 346 g/mol. The number of para-hydroxylation sites is 1. The van der Waals surface area contributed by atoms with E-state index >= 15 is 0 Å². The number of hydrogen-bond acceptors (Lipinski definition) is 4. The van der Waals surface area contributed by atoms with Gasteiger partial charge in [-0.25, -0.2) is 0 Å². The average Bonchev–Trinajstić information content (AvgIpc) is 3.07. The molecule has 0 spiro atoms. The van der Waals surface area contributed by atoms with Gasteiger partial charge in [0.05, 0.1) is 0 Å². The van der Waals surface area contributed by atoms with E-state index in [9.17, 15) is 10.0 Å². The molecule has 0 saturated carbocycles. The molecule has 4 nitrogen and oxygen atoms in total. The third kappa shape index (κ3) is 3.45. The van der Waals surface area contributed by atoms with Gasteiger partial charge in [0.15, 0.2) is 0 Å². The van der Waals surface area contributed by atoms with Gasteiger partial charge in [-0.2, -0.15) is 0 Å². The second-order valence-electron chi connectivity index (χ2n) is 6.33. The van der Waals surface area contributed by atoms with Crippen molar-refractivity contribution in [1.82, 2.24) is 0 Å². The molecule has 0 amide bonds. The van der Waals surface area contributed by atoms with Crippen LogP contribution in [0.5, 0.6) is 17.2 Å². The second kappa shape index (κ2) is 7.24. The minimum atomic E-state index is -1.46. The van der Waals surface area contributed by atoms with Gasteiger partial charge in [-0.3, -0.25) is 0 Å². The zero-order valence-electron chi connectivity index (χ0n) is 14.2. The van der Waals surface area contributed by atoms with Gasteiger partial charge in [0.1, 0.15) is 23.4 Å². The normalized spacial score (nSPS) is 15.4. The fourth-order valence-corrected chi connectivity index (χ4v) is 3.30. The number of rotatable bonds is 5. The molecule has 26 heavy (non-hydrogen) atoms. The summed E-state index contributed by atoms with van der Waals surface area (Å²) in [4.78, 5) is 0. The Balaban J connectivity index is 1.53. The molecule has 1 aliphatic rings. The Labute approximate surface area is 152 Å². The van der Waals surface area contributed by atoms with Gasteiger partial charge < -0.3 is 19.5 Å². The summed E-state index contributed by atoms with van der Waals surface area (Å²) in [7, 11) is -1.46. The molecule has 1 atom stereocenters. The number of benzene rings is 3. The molecule has 2 N–H and O–H groups in total. The highest BCUT2D eigenvalue weighted by Gasteiger charge is 2.27.